The first-order valence-electron chi connectivity index (χ1n) is 4.51. The van der Waals surface area contributed by atoms with E-state index in [0.29, 0.717) is 5.13 Å². The lowest BCUT2D eigenvalue weighted by atomic mass is 10.2. The number of thiazole rings is 1. The van der Waals surface area contributed by atoms with Gasteiger partial charge in [-0.15, -0.1) is 22.7 Å². The Bertz CT molecular complexity index is 443. The van der Waals surface area contributed by atoms with Crippen molar-refractivity contribution in [2.45, 2.75) is 20.3 Å². The van der Waals surface area contributed by atoms with Gasteiger partial charge in [0.05, 0.1) is 10.6 Å². The van der Waals surface area contributed by atoms with Crippen molar-refractivity contribution in [1.29, 1.82) is 0 Å². The maximum atomic E-state index is 5.67. The van der Waals surface area contributed by atoms with E-state index in [9.17, 15) is 0 Å². The smallest absolute Gasteiger partial charge is 0.180 e. The zero-order valence-corrected chi connectivity index (χ0v) is 9.84. The van der Waals surface area contributed by atoms with E-state index in [1.54, 1.807) is 22.7 Å². The van der Waals surface area contributed by atoms with Crippen LogP contribution >= 0.6 is 22.7 Å². The van der Waals surface area contributed by atoms with E-state index in [0.717, 1.165) is 12.1 Å². The Labute approximate surface area is 91.4 Å². The lowest BCUT2D eigenvalue weighted by Crippen LogP contribution is -1.81. The average molecular weight is 224 g/mol. The quantitative estimate of drug-likeness (QED) is 0.850. The molecule has 0 bridgehead atoms. The number of hydrogen-bond acceptors (Lipinski definition) is 4. The van der Waals surface area contributed by atoms with Gasteiger partial charge in [0.2, 0.25) is 0 Å². The minimum Gasteiger partial charge on any atom is -0.375 e. The highest BCUT2D eigenvalue weighted by atomic mass is 32.1. The van der Waals surface area contributed by atoms with Gasteiger partial charge in [-0.3, -0.25) is 0 Å². The molecular formula is C10H12N2S2. The summed E-state index contributed by atoms with van der Waals surface area (Å²) in [4.78, 5) is 6.76. The zero-order valence-electron chi connectivity index (χ0n) is 8.20. The number of hydrogen-bond donors (Lipinski definition) is 1. The van der Waals surface area contributed by atoms with E-state index in [1.165, 1.54) is 15.3 Å². The lowest BCUT2D eigenvalue weighted by Gasteiger charge is -1.91. The largest absolute Gasteiger partial charge is 0.375 e. The van der Waals surface area contributed by atoms with Gasteiger partial charge in [0.15, 0.2) is 5.13 Å². The maximum absolute atomic E-state index is 5.67. The second kappa shape index (κ2) is 3.71. The van der Waals surface area contributed by atoms with Crippen molar-refractivity contribution in [3.05, 3.63) is 21.9 Å². The van der Waals surface area contributed by atoms with Gasteiger partial charge in [0.25, 0.3) is 0 Å². The number of nitrogen functional groups attached to an aromatic ring is 1. The Morgan fingerprint density at radius 1 is 1.50 bits per heavy atom. The maximum Gasteiger partial charge on any atom is 0.180 e. The fourth-order valence-corrected chi connectivity index (χ4v) is 3.14. The first-order chi connectivity index (χ1) is 6.70. The fraction of sp³-hybridized carbons (Fsp3) is 0.300. The van der Waals surface area contributed by atoms with E-state index >= 15 is 0 Å². The first-order valence-corrected chi connectivity index (χ1v) is 6.21. The summed E-state index contributed by atoms with van der Waals surface area (Å²) >= 11 is 3.30. The lowest BCUT2D eigenvalue weighted by molar-refractivity contribution is 1.16. The summed E-state index contributed by atoms with van der Waals surface area (Å²) in [5.74, 6) is 0. The minimum atomic E-state index is 0.656. The molecule has 2 aromatic rings. The van der Waals surface area contributed by atoms with Gasteiger partial charge in [0, 0.05) is 4.88 Å². The van der Waals surface area contributed by atoms with E-state index in [1.807, 2.05) is 0 Å². The Morgan fingerprint density at radius 2 is 2.29 bits per heavy atom. The van der Waals surface area contributed by atoms with Crippen molar-refractivity contribution in [3.63, 3.8) is 0 Å². The normalized spacial score (nSPS) is 10.7. The van der Waals surface area contributed by atoms with Crippen LogP contribution in [-0.4, -0.2) is 4.98 Å². The second-order valence-corrected chi connectivity index (χ2v) is 5.28. The monoisotopic (exact) mass is 224 g/mol. The van der Waals surface area contributed by atoms with Crippen LogP contribution in [0, 0.1) is 6.92 Å². The van der Waals surface area contributed by atoms with Gasteiger partial charge < -0.3 is 5.73 Å². The molecule has 0 aromatic carbocycles. The fourth-order valence-electron chi connectivity index (χ4n) is 1.33. The number of thiophene rings is 1. The molecule has 2 N–H and O–H groups in total. The van der Waals surface area contributed by atoms with Crippen LogP contribution in [0.4, 0.5) is 5.13 Å². The molecular weight excluding hydrogens is 212 g/mol. The molecule has 0 saturated carbocycles. The third-order valence-electron chi connectivity index (χ3n) is 2.11. The van der Waals surface area contributed by atoms with E-state index < -0.39 is 0 Å². The Hall–Kier alpha value is -0.870. The molecule has 2 nitrogen and oxygen atoms in total. The molecule has 74 valence electrons. The summed E-state index contributed by atoms with van der Waals surface area (Å²) in [6, 6.07) is 2.20. The summed E-state index contributed by atoms with van der Waals surface area (Å²) in [6.45, 7) is 4.22. The third-order valence-corrected chi connectivity index (χ3v) is 3.89. The number of aromatic nitrogens is 1. The molecule has 0 saturated heterocycles. The Morgan fingerprint density at radius 3 is 2.79 bits per heavy atom. The molecule has 14 heavy (non-hydrogen) atoms. The van der Waals surface area contributed by atoms with Crippen LogP contribution < -0.4 is 5.73 Å². The highest BCUT2D eigenvalue weighted by Gasteiger charge is 2.09. The van der Waals surface area contributed by atoms with Crippen molar-refractivity contribution >= 4 is 27.8 Å². The van der Waals surface area contributed by atoms with Crippen molar-refractivity contribution in [3.8, 4) is 10.6 Å². The molecule has 0 aliphatic heterocycles. The standard InChI is InChI=1S/C10H12N2S2/c1-3-7-4-8(13-5-7)9-6(2)14-10(11)12-9/h4-5H,3H2,1-2H3,(H2,11,12). The molecule has 2 heterocycles. The van der Waals surface area contributed by atoms with Gasteiger partial charge in [-0.25, -0.2) is 4.98 Å². The van der Waals surface area contributed by atoms with Crippen molar-refractivity contribution in [2.75, 3.05) is 5.73 Å². The number of nitrogens with zero attached hydrogens (tertiary/aromatic N) is 1. The summed E-state index contributed by atoms with van der Waals surface area (Å²) in [5.41, 5.74) is 8.09. The van der Waals surface area contributed by atoms with Gasteiger partial charge >= 0.3 is 0 Å². The van der Waals surface area contributed by atoms with Crippen LogP contribution in [0.2, 0.25) is 0 Å². The van der Waals surface area contributed by atoms with E-state index in [2.05, 4.69) is 30.3 Å². The molecule has 0 aliphatic rings. The van der Waals surface area contributed by atoms with Crippen molar-refractivity contribution < 1.29 is 0 Å². The van der Waals surface area contributed by atoms with Crippen LogP contribution in [0.1, 0.15) is 17.4 Å². The summed E-state index contributed by atoms with van der Waals surface area (Å²) in [6.07, 6.45) is 1.08. The van der Waals surface area contributed by atoms with Crippen LogP contribution in [0.5, 0.6) is 0 Å². The first kappa shape index (κ1) is 9.68. The summed E-state index contributed by atoms with van der Waals surface area (Å²) in [5, 5.41) is 2.84. The summed E-state index contributed by atoms with van der Waals surface area (Å²) < 4.78 is 0. The molecule has 2 rings (SSSR count). The predicted molar refractivity (Wildman–Crippen MR) is 64.0 cm³/mol. The van der Waals surface area contributed by atoms with Crippen LogP contribution in [0.15, 0.2) is 11.4 Å². The Kier molecular flexibility index (Phi) is 2.56. The SMILES string of the molecule is CCc1csc(-c2nc(N)sc2C)c1. The van der Waals surface area contributed by atoms with Gasteiger partial charge in [-0.05, 0) is 30.4 Å². The molecule has 0 spiro atoms. The number of aryl methyl sites for hydroxylation is 2. The number of nitrogens with two attached hydrogens (primary N) is 1. The molecule has 0 atom stereocenters. The molecule has 0 amide bonds. The van der Waals surface area contributed by atoms with Crippen LogP contribution in [0.3, 0.4) is 0 Å². The third kappa shape index (κ3) is 1.67. The molecule has 2 aromatic heterocycles. The molecule has 0 radical (unpaired) electrons. The molecule has 0 fully saturated rings. The highest BCUT2D eigenvalue weighted by molar-refractivity contribution is 7.17. The van der Waals surface area contributed by atoms with E-state index in [-0.39, 0.29) is 0 Å². The van der Waals surface area contributed by atoms with Crippen LogP contribution in [0.25, 0.3) is 10.6 Å². The molecule has 0 aliphatic carbocycles. The predicted octanol–water partition coefficient (Wildman–Crippen LogP) is 3.32. The average Bonchev–Trinajstić information content (AvgIpc) is 2.71. The molecule has 4 heteroatoms. The number of rotatable bonds is 2. The number of anilines is 1. The minimum absolute atomic E-state index is 0.656. The van der Waals surface area contributed by atoms with Gasteiger partial charge in [-0.2, -0.15) is 0 Å². The second-order valence-electron chi connectivity index (χ2n) is 3.13. The van der Waals surface area contributed by atoms with Gasteiger partial charge in [0.1, 0.15) is 0 Å². The van der Waals surface area contributed by atoms with Gasteiger partial charge in [-0.1, -0.05) is 6.92 Å². The summed E-state index contributed by atoms with van der Waals surface area (Å²) in [7, 11) is 0. The molecule has 0 unspecified atom stereocenters. The zero-order chi connectivity index (χ0) is 10.1. The Balaban J connectivity index is 2.43. The van der Waals surface area contributed by atoms with Crippen molar-refractivity contribution in [2.24, 2.45) is 0 Å². The highest BCUT2D eigenvalue weighted by Crippen LogP contribution is 2.33. The van der Waals surface area contributed by atoms with Crippen molar-refractivity contribution in [1.82, 2.24) is 4.98 Å². The van der Waals surface area contributed by atoms with Crippen LogP contribution in [-0.2, 0) is 6.42 Å². The topological polar surface area (TPSA) is 38.9 Å². The van der Waals surface area contributed by atoms with E-state index in [4.69, 9.17) is 5.73 Å².